The summed E-state index contributed by atoms with van der Waals surface area (Å²) < 4.78 is 5.91. The van der Waals surface area contributed by atoms with E-state index in [1.165, 1.54) is 0 Å². The number of rotatable bonds is 4. The van der Waals surface area contributed by atoms with Crippen molar-refractivity contribution in [3.05, 3.63) is 64.7 Å². The molecule has 0 aromatic heterocycles. The number of hydrogen-bond acceptors (Lipinski definition) is 2. The second-order valence-corrected chi connectivity index (χ2v) is 4.93. The van der Waals surface area contributed by atoms with Gasteiger partial charge in [-0.2, -0.15) is 0 Å². The molecular weight excluding hydrogens is 236 g/mol. The Balaban J connectivity index is 2.17. The summed E-state index contributed by atoms with van der Waals surface area (Å²) in [7, 11) is 0. The molecule has 2 nitrogen and oxygen atoms in total. The molecular formula is C17H20O2. The van der Waals surface area contributed by atoms with E-state index in [-0.39, 0.29) is 0 Å². The third kappa shape index (κ3) is 3.36. The van der Waals surface area contributed by atoms with Crippen molar-refractivity contribution in [3.8, 4) is 5.75 Å². The minimum atomic E-state index is -0.444. The maximum Gasteiger partial charge on any atom is 0.125 e. The van der Waals surface area contributed by atoms with E-state index in [9.17, 15) is 5.11 Å². The summed E-state index contributed by atoms with van der Waals surface area (Å²) in [6.45, 7) is 6.37. The Kier molecular flexibility index (Phi) is 4.23. The Morgan fingerprint density at radius 3 is 2.16 bits per heavy atom. The lowest BCUT2D eigenvalue weighted by Gasteiger charge is -2.15. The molecule has 0 aliphatic carbocycles. The van der Waals surface area contributed by atoms with Crippen molar-refractivity contribution in [1.29, 1.82) is 0 Å². The van der Waals surface area contributed by atoms with E-state index in [2.05, 4.69) is 12.1 Å². The molecule has 19 heavy (non-hydrogen) atoms. The fourth-order valence-corrected chi connectivity index (χ4v) is 2.18. The van der Waals surface area contributed by atoms with Crippen LogP contribution in [0.3, 0.4) is 0 Å². The van der Waals surface area contributed by atoms with E-state index in [4.69, 9.17) is 4.74 Å². The van der Waals surface area contributed by atoms with Gasteiger partial charge in [-0.1, -0.05) is 30.3 Å². The Labute approximate surface area is 114 Å². The third-order valence-electron chi connectivity index (χ3n) is 3.19. The standard InChI is InChI=1S/C17H20O2/c1-12-9-16(14(3)18)10-13(2)17(12)19-11-15-7-5-4-6-8-15/h4-10,14,18H,11H2,1-3H3. The van der Waals surface area contributed by atoms with Crippen molar-refractivity contribution in [2.45, 2.75) is 33.5 Å². The fraction of sp³-hybridized carbons (Fsp3) is 0.294. The van der Waals surface area contributed by atoms with Gasteiger partial charge in [0.1, 0.15) is 12.4 Å². The Morgan fingerprint density at radius 1 is 1.05 bits per heavy atom. The van der Waals surface area contributed by atoms with Gasteiger partial charge in [0, 0.05) is 0 Å². The van der Waals surface area contributed by atoms with Gasteiger partial charge in [0.25, 0.3) is 0 Å². The Morgan fingerprint density at radius 2 is 1.63 bits per heavy atom. The van der Waals surface area contributed by atoms with Crippen molar-refractivity contribution < 1.29 is 9.84 Å². The van der Waals surface area contributed by atoms with Crippen LogP contribution in [0.2, 0.25) is 0 Å². The summed E-state index contributed by atoms with van der Waals surface area (Å²) in [4.78, 5) is 0. The van der Waals surface area contributed by atoms with Gasteiger partial charge in [-0.25, -0.2) is 0 Å². The van der Waals surface area contributed by atoms with Crippen LogP contribution in [0, 0.1) is 13.8 Å². The fourth-order valence-electron chi connectivity index (χ4n) is 2.18. The highest BCUT2D eigenvalue weighted by Gasteiger charge is 2.09. The zero-order valence-corrected chi connectivity index (χ0v) is 11.7. The maximum absolute atomic E-state index is 9.63. The first-order valence-corrected chi connectivity index (χ1v) is 6.54. The molecule has 1 N–H and O–H groups in total. The molecule has 1 atom stereocenters. The van der Waals surface area contributed by atoms with Gasteiger partial charge < -0.3 is 9.84 Å². The van der Waals surface area contributed by atoms with Crippen molar-refractivity contribution in [3.63, 3.8) is 0 Å². The molecule has 2 aromatic carbocycles. The molecule has 1 unspecified atom stereocenters. The van der Waals surface area contributed by atoms with Gasteiger partial charge >= 0.3 is 0 Å². The van der Waals surface area contributed by atoms with Gasteiger partial charge in [-0.3, -0.25) is 0 Å². The summed E-state index contributed by atoms with van der Waals surface area (Å²) in [5, 5.41) is 9.63. The molecule has 0 aliphatic rings. The Bertz CT molecular complexity index is 521. The van der Waals surface area contributed by atoms with Crippen LogP contribution in [0.15, 0.2) is 42.5 Å². The van der Waals surface area contributed by atoms with Crippen LogP contribution in [0.4, 0.5) is 0 Å². The summed E-state index contributed by atoms with van der Waals surface area (Å²) in [5.74, 6) is 0.910. The zero-order valence-electron chi connectivity index (χ0n) is 11.7. The molecule has 2 rings (SSSR count). The highest BCUT2D eigenvalue weighted by atomic mass is 16.5. The summed E-state index contributed by atoms with van der Waals surface area (Å²) in [5.41, 5.74) is 4.21. The van der Waals surface area contributed by atoms with Crippen LogP contribution in [0.5, 0.6) is 5.75 Å². The second-order valence-electron chi connectivity index (χ2n) is 4.93. The number of aliphatic hydroxyl groups excluding tert-OH is 1. The molecule has 2 heteroatoms. The molecule has 0 radical (unpaired) electrons. The average Bonchev–Trinajstić information content (AvgIpc) is 2.38. The minimum absolute atomic E-state index is 0.444. The number of aliphatic hydroxyl groups is 1. The first-order valence-electron chi connectivity index (χ1n) is 6.54. The summed E-state index contributed by atoms with van der Waals surface area (Å²) in [6, 6.07) is 14.1. The topological polar surface area (TPSA) is 29.5 Å². The van der Waals surface area contributed by atoms with E-state index < -0.39 is 6.10 Å². The molecule has 2 aromatic rings. The molecule has 0 aliphatic heterocycles. The van der Waals surface area contributed by atoms with Crippen molar-refractivity contribution >= 4 is 0 Å². The van der Waals surface area contributed by atoms with Crippen LogP contribution < -0.4 is 4.74 Å². The monoisotopic (exact) mass is 256 g/mol. The lowest BCUT2D eigenvalue weighted by atomic mass is 10.0. The van der Waals surface area contributed by atoms with Crippen LogP contribution >= 0.6 is 0 Å². The van der Waals surface area contributed by atoms with Gasteiger partial charge in [0.2, 0.25) is 0 Å². The molecule has 100 valence electrons. The summed E-state index contributed by atoms with van der Waals surface area (Å²) >= 11 is 0. The first kappa shape index (κ1) is 13.6. The van der Waals surface area contributed by atoms with Gasteiger partial charge in [-0.15, -0.1) is 0 Å². The third-order valence-corrected chi connectivity index (χ3v) is 3.19. The molecule has 0 heterocycles. The molecule has 0 fully saturated rings. The van der Waals surface area contributed by atoms with Crippen molar-refractivity contribution in [2.24, 2.45) is 0 Å². The number of ether oxygens (including phenoxy) is 1. The van der Waals surface area contributed by atoms with Gasteiger partial charge in [-0.05, 0) is 55.2 Å². The predicted octanol–water partition coefficient (Wildman–Crippen LogP) is 3.94. The van der Waals surface area contributed by atoms with E-state index in [0.29, 0.717) is 6.61 Å². The first-order chi connectivity index (χ1) is 9.08. The smallest absolute Gasteiger partial charge is 0.125 e. The highest BCUT2D eigenvalue weighted by Crippen LogP contribution is 2.28. The van der Waals surface area contributed by atoms with Crippen LogP contribution in [0.25, 0.3) is 0 Å². The lowest BCUT2D eigenvalue weighted by Crippen LogP contribution is -2.01. The molecule has 0 bridgehead atoms. The Hall–Kier alpha value is -1.80. The predicted molar refractivity (Wildman–Crippen MR) is 77.3 cm³/mol. The van der Waals surface area contributed by atoms with Crippen molar-refractivity contribution in [1.82, 2.24) is 0 Å². The van der Waals surface area contributed by atoms with E-state index in [1.54, 1.807) is 6.92 Å². The number of benzene rings is 2. The summed E-state index contributed by atoms with van der Waals surface area (Å²) in [6.07, 6.45) is -0.444. The van der Waals surface area contributed by atoms with Gasteiger partial charge in [0.05, 0.1) is 6.10 Å². The molecule has 0 amide bonds. The maximum atomic E-state index is 9.63. The molecule has 0 saturated carbocycles. The normalized spacial score (nSPS) is 12.2. The van der Waals surface area contributed by atoms with Crippen LogP contribution in [0.1, 0.15) is 35.3 Å². The molecule has 0 spiro atoms. The quantitative estimate of drug-likeness (QED) is 0.898. The SMILES string of the molecule is Cc1cc(C(C)O)cc(C)c1OCc1ccccc1. The van der Waals surface area contributed by atoms with E-state index in [1.807, 2.05) is 44.2 Å². The number of hydrogen-bond donors (Lipinski definition) is 1. The average molecular weight is 256 g/mol. The second kappa shape index (κ2) is 5.89. The molecule has 0 saturated heterocycles. The van der Waals surface area contributed by atoms with Crippen LogP contribution in [-0.2, 0) is 6.61 Å². The minimum Gasteiger partial charge on any atom is -0.488 e. The van der Waals surface area contributed by atoms with Crippen molar-refractivity contribution in [2.75, 3.05) is 0 Å². The largest absolute Gasteiger partial charge is 0.488 e. The van der Waals surface area contributed by atoms with E-state index >= 15 is 0 Å². The van der Waals surface area contributed by atoms with Crippen LogP contribution in [-0.4, -0.2) is 5.11 Å². The highest BCUT2D eigenvalue weighted by molar-refractivity contribution is 5.44. The van der Waals surface area contributed by atoms with E-state index in [0.717, 1.165) is 28.0 Å². The lowest BCUT2D eigenvalue weighted by molar-refractivity contribution is 0.199. The number of aryl methyl sites for hydroxylation is 2. The zero-order chi connectivity index (χ0) is 13.8. The van der Waals surface area contributed by atoms with Gasteiger partial charge in [0.15, 0.2) is 0 Å².